The molecule has 0 aromatic heterocycles. The number of fused-ring (bicyclic) bond motifs is 2. The zero-order chi connectivity index (χ0) is 19.8. The van der Waals surface area contributed by atoms with E-state index < -0.39 is 23.3 Å². The maximum Gasteiger partial charge on any atom is 0.340 e. The van der Waals surface area contributed by atoms with Gasteiger partial charge in [0.05, 0.1) is 12.7 Å². The molecule has 2 aliphatic heterocycles. The van der Waals surface area contributed by atoms with Gasteiger partial charge in [0.2, 0.25) is 11.8 Å². The molecule has 0 fully saturated rings. The molecule has 2 heterocycles. The number of nitrogens with two attached hydrogens (primary N) is 1. The van der Waals surface area contributed by atoms with Gasteiger partial charge in [0.25, 0.3) is 0 Å². The second-order valence-corrected chi connectivity index (χ2v) is 5.92. The molecule has 27 heavy (non-hydrogen) atoms. The monoisotopic (exact) mass is 370 g/mol. The lowest BCUT2D eigenvalue weighted by Crippen LogP contribution is -2.48. The Morgan fingerprint density at radius 3 is 2.67 bits per heavy atom. The maximum absolute atomic E-state index is 13.2. The molecule has 0 unspecified atom stereocenters. The minimum absolute atomic E-state index is 0.0477. The van der Waals surface area contributed by atoms with Crippen molar-refractivity contribution in [1.82, 2.24) is 5.32 Å². The van der Waals surface area contributed by atoms with Gasteiger partial charge in [-0.3, -0.25) is 4.79 Å². The fourth-order valence-corrected chi connectivity index (χ4v) is 3.44. The van der Waals surface area contributed by atoms with Crippen LogP contribution in [0.1, 0.15) is 12.5 Å². The molecule has 0 aliphatic carbocycles. The zero-order valence-corrected chi connectivity index (χ0v) is 14.8. The summed E-state index contributed by atoms with van der Waals surface area (Å²) in [7, 11) is 1.15. The fraction of sp³-hybridized carbons (Fsp3) is 0.211. The number of carbonyl (C=O) groups excluding carboxylic acids is 3. The van der Waals surface area contributed by atoms with Gasteiger partial charge in [-0.2, -0.15) is 0 Å². The zero-order valence-electron chi connectivity index (χ0n) is 14.8. The lowest BCUT2D eigenvalue weighted by Gasteiger charge is -2.35. The van der Waals surface area contributed by atoms with Crippen LogP contribution in [0.5, 0.6) is 5.75 Å². The first-order valence-corrected chi connectivity index (χ1v) is 8.06. The van der Waals surface area contributed by atoms with Crippen molar-refractivity contribution in [2.24, 2.45) is 5.73 Å². The maximum atomic E-state index is 13.2. The van der Waals surface area contributed by atoms with Crippen LogP contribution < -0.4 is 15.8 Å². The van der Waals surface area contributed by atoms with Crippen molar-refractivity contribution < 1.29 is 28.6 Å². The highest BCUT2D eigenvalue weighted by atomic mass is 16.5. The SMILES string of the molecule is C=CCOC(=O)C1=C(C)NC(=O)[C@@]12C(C(=O)OC)=C(N)Oc1ccccc12. The van der Waals surface area contributed by atoms with Gasteiger partial charge in [-0.15, -0.1) is 0 Å². The molecule has 0 radical (unpaired) electrons. The van der Waals surface area contributed by atoms with E-state index in [1.807, 2.05) is 0 Å². The molecule has 1 aromatic rings. The van der Waals surface area contributed by atoms with E-state index in [0.717, 1.165) is 7.11 Å². The highest BCUT2D eigenvalue weighted by molar-refractivity contribution is 6.17. The van der Waals surface area contributed by atoms with E-state index in [0.29, 0.717) is 5.56 Å². The average Bonchev–Trinajstić information content (AvgIpc) is 2.90. The molecule has 1 aromatic carbocycles. The number of allylic oxidation sites excluding steroid dienone is 1. The predicted molar refractivity (Wildman–Crippen MR) is 94.0 cm³/mol. The predicted octanol–water partition coefficient (Wildman–Crippen LogP) is 0.793. The molecule has 0 saturated heterocycles. The van der Waals surface area contributed by atoms with Crippen molar-refractivity contribution in [2.75, 3.05) is 13.7 Å². The number of esters is 2. The molecule has 1 amide bonds. The smallest absolute Gasteiger partial charge is 0.340 e. The van der Waals surface area contributed by atoms with Gasteiger partial charge in [0.15, 0.2) is 0 Å². The summed E-state index contributed by atoms with van der Waals surface area (Å²) in [5.74, 6) is -2.36. The molecule has 140 valence electrons. The lowest BCUT2D eigenvalue weighted by atomic mass is 9.67. The van der Waals surface area contributed by atoms with E-state index in [-0.39, 0.29) is 35.1 Å². The van der Waals surface area contributed by atoms with E-state index in [1.54, 1.807) is 31.2 Å². The number of benzene rings is 1. The Bertz CT molecular complexity index is 930. The van der Waals surface area contributed by atoms with Crippen LogP contribution in [0.15, 0.2) is 59.6 Å². The molecule has 8 nitrogen and oxygen atoms in total. The summed E-state index contributed by atoms with van der Waals surface area (Å²) in [6.45, 7) is 4.98. The highest BCUT2D eigenvalue weighted by Crippen LogP contribution is 2.51. The lowest BCUT2D eigenvalue weighted by molar-refractivity contribution is -0.141. The fourth-order valence-electron chi connectivity index (χ4n) is 3.44. The third-order valence-corrected chi connectivity index (χ3v) is 4.45. The molecule has 1 spiro atoms. The van der Waals surface area contributed by atoms with Crippen molar-refractivity contribution >= 4 is 17.8 Å². The van der Waals surface area contributed by atoms with Gasteiger partial charge in [-0.1, -0.05) is 30.9 Å². The molecule has 3 N–H and O–H groups in total. The molecule has 3 rings (SSSR count). The normalized spacial score (nSPS) is 20.7. The van der Waals surface area contributed by atoms with E-state index >= 15 is 0 Å². The molecular formula is C19H18N2O6. The Morgan fingerprint density at radius 1 is 1.30 bits per heavy atom. The topological polar surface area (TPSA) is 117 Å². The molecule has 0 bridgehead atoms. The Morgan fingerprint density at radius 2 is 2.00 bits per heavy atom. The highest BCUT2D eigenvalue weighted by Gasteiger charge is 2.61. The van der Waals surface area contributed by atoms with Crippen LogP contribution in [0, 0.1) is 0 Å². The largest absolute Gasteiger partial charge is 0.465 e. The molecule has 1 atom stereocenters. The molecule has 0 saturated carbocycles. The third kappa shape index (κ3) is 2.49. The van der Waals surface area contributed by atoms with Crippen LogP contribution in [0.2, 0.25) is 0 Å². The van der Waals surface area contributed by atoms with Crippen LogP contribution in [-0.4, -0.2) is 31.6 Å². The first-order chi connectivity index (χ1) is 12.9. The number of methoxy groups -OCH3 is 1. The number of rotatable bonds is 4. The van der Waals surface area contributed by atoms with Gasteiger partial charge in [-0.05, 0) is 13.0 Å². The first kappa shape index (κ1) is 18.2. The Balaban J connectivity index is 2.36. The molecule has 8 heteroatoms. The number of hydrogen-bond donors (Lipinski definition) is 2. The van der Waals surface area contributed by atoms with E-state index in [1.165, 1.54) is 6.08 Å². The van der Waals surface area contributed by atoms with Crippen molar-refractivity contribution in [3.63, 3.8) is 0 Å². The van der Waals surface area contributed by atoms with E-state index in [2.05, 4.69) is 11.9 Å². The standard InChI is InChI=1S/C19H18N2O6/c1-4-9-26-17(23)13-10(2)21-18(24)19(13)11-7-5-6-8-12(11)27-15(20)14(19)16(22)25-3/h4-8H,1,9,20H2,2-3H3,(H,21,24)/t19-/m1/s1. The Kier molecular flexibility index (Phi) is 4.49. The van der Waals surface area contributed by atoms with Crippen molar-refractivity contribution in [3.8, 4) is 5.75 Å². The summed E-state index contributed by atoms with van der Waals surface area (Å²) in [6, 6.07) is 6.52. The number of carbonyl (C=O) groups is 3. The van der Waals surface area contributed by atoms with Crippen LogP contribution in [-0.2, 0) is 29.3 Å². The third-order valence-electron chi connectivity index (χ3n) is 4.45. The minimum atomic E-state index is -1.84. The van der Waals surface area contributed by atoms with Gasteiger partial charge in [0, 0.05) is 11.3 Å². The number of nitrogens with one attached hydrogen (secondary N) is 1. The number of amides is 1. The summed E-state index contributed by atoms with van der Waals surface area (Å²) in [4.78, 5) is 38.6. The summed E-state index contributed by atoms with van der Waals surface area (Å²) in [6.07, 6.45) is 1.40. The Hall–Kier alpha value is -3.55. The second-order valence-electron chi connectivity index (χ2n) is 5.92. The summed E-state index contributed by atoms with van der Waals surface area (Å²) in [5, 5.41) is 2.62. The molecular weight excluding hydrogens is 352 g/mol. The number of ether oxygens (including phenoxy) is 3. The first-order valence-electron chi connectivity index (χ1n) is 8.06. The van der Waals surface area contributed by atoms with E-state index in [9.17, 15) is 14.4 Å². The quantitative estimate of drug-likeness (QED) is 0.594. The van der Waals surface area contributed by atoms with E-state index in [4.69, 9.17) is 19.9 Å². The summed E-state index contributed by atoms with van der Waals surface area (Å²) in [5.41, 5.74) is 4.36. The van der Waals surface area contributed by atoms with Crippen LogP contribution in [0.4, 0.5) is 0 Å². The summed E-state index contributed by atoms with van der Waals surface area (Å²) >= 11 is 0. The van der Waals surface area contributed by atoms with Crippen LogP contribution in [0.3, 0.4) is 0 Å². The van der Waals surface area contributed by atoms with Gasteiger partial charge < -0.3 is 25.3 Å². The van der Waals surface area contributed by atoms with Crippen LogP contribution >= 0.6 is 0 Å². The van der Waals surface area contributed by atoms with Crippen molar-refractivity contribution in [1.29, 1.82) is 0 Å². The Labute approximate surface area is 155 Å². The van der Waals surface area contributed by atoms with Gasteiger partial charge >= 0.3 is 11.9 Å². The van der Waals surface area contributed by atoms with Gasteiger partial charge in [0.1, 0.15) is 23.3 Å². The molecule has 2 aliphatic rings. The number of hydrogen-bond acceptors (Lipinski definition) is 7. The number of para-hydroxylation sites is 1. The van der Waals surface area contributed by atoms with Gasteiger partial charge in [-0.25, -0.2) is 9.59 Å². The van der Waals surface area contributed by atoms with Crippen molar-refractivity contribution in [3.05, 3.63) is 65.2 Å². The minimum Gasteiger partial charge on any atom is -0.465 e. The second kappa shape index (κ2) is 6.64. The van der Waals surface area contributed by atoms with Crippen molar-refractivity contribution in [2.45, 2.75) is 12.3 Å². The van der Waals surface area contributed by atoms with Crippen LogP contribution in [0.25, 0.3) is 0 Å². The summed E-state index contributed by atoms with van der Waals surface area (Å²) < 4.78 is 15.5. The average molecular weight is 370 g/mol.